The second-order valence-electron chi connectivity index (χ2n) is 6.68. The normalized spacial score (nSPS) is 31.8. The minimum Gasteiger partial charge on any atom is -0.468 e. The molecular formula is C16H22N2O4. The molecule has 1 aromatic rings. The summed E-state index contributed by atoms with van der Waals surface area (Å²) in [5.74, 6) is 1.51. The lowest BCUT2D eigenvalue weighted by Gasteiger charge is -2.28. The molecule has 6 heteroatoms. The third-order valence-corrected chi connectivity index (χ3v) is 5.09. The second-order valence-corrected chi connectivity index (χ2v) is 6.68. The van der Waals surface area contributed by atoms with Gasteiger partial charge >= 0.3 is 0 Å². The smallest absolute Gasteiger partial charge is 0.246 e. The van der Waals surface area contributed by atoms with Crippen LogP contribution in [0.25, 0.3) is 0 Å². The Morgan fingerprint density at radius 2 is 2.41 bits per heavy atom. The molecule has 3 saturated heterocycles. The van der Waals surface area contributed by atoms with E-state index in [4.69, 9.17) is 14.0 Å². The summed E-state index contributed by atoms with van der Waals surface area (Å²) in [5, 5.41) is 1.54. The summed E-state index contributed by atoms with van der Waals surface area (Å²) in [6.45, 7) is 5.46. The average molecular weight is 306 g/mol. The fraction of sp³-hybridized carbons (Fsp3) is 0.688. The van der Waals surface area contributed by atoms with E-state index >= 15 is 0 Å². The van der Waals surface area contributed by atoms with Gasteiger partial charge in [-0.15, -0.1) is 0 Å². The predicted molar refractivity (Wildman–Crippen MR) is 77.6 cm³/mol. The fourth-order valence-electron chi connectivity index (χ4n) is 3.97. The largest absolute Gasteiger partial charge is 0.468 e. The molecule has 0 bridgehead atoms. The standard InChI is InChI=1S/C16H22N2O4/c19-15(18-4-2-6-22-18)7-16-11-17(8-13(16)10-20-12-16)9-14-3-1-5-21-14/h1,3,5,13H,2,4,6-12H2/t13-,16+/m0/s1. The number of hydroxylamine groups is 2. The Bertz CT molecular complexity index is 526. The summed E-state index contributed by atoms with van der Waals surface area (Å²) in [5.41, 5.74) is -0.0599. The van der Waals surface area contributed by atoms with Crippen molar-refractivity contribution >= 4 is 5.91 Å². The van der Waals surface area contributed by atoms with Gasteiger partial charge in [0.05, 0.1) is 39.2 Å². The van der Waals surface area contributed by atoms with Crippen LogP contribution in [0.3, 0.4) is 0 Å². The van der Waals surface area contributed by atoms with E-state index in [1.54, 1.807) is 11.3 Å². The quantitative estimate of drug-likeness (QED) is 0.839. The molecule has 3 fully saturated rings. The lowest BCUT2D eigenvalue weighted by atomic mass is 9.78. The SMILES string of the molecule is O=C(C[C@@]12COC[C@@H]1CN(Cc1ccco1)C2)N1CCCO1. The Morgan fingerprint density at radius 3 is 3.18 bits per heavy atom. The average Bonchev–Trinajstić information content (AvgIpc) is 3.22. The van der Waals surface area contributed by atoms with E-state index in [1.165, 1.54) is 0 Å². The number of amides is 1. The van der Waals surface area contributed by atoms with Crippen molar-refractivity contribution in [2.75, 3.05) is 39.5 Å². The Labute approximate surface area is 129 Å². The third-order valence-electron chi connectivity index (χ3n) is 5.09. The van der Waals surface area contributed by atoms with Gasteiger partial charge in [-0.3, -0.25) is 14.5 Å². The van der Waals surface area contributed by atoms with Crippen LogP contribution in [0, 0.1) is 11.3 Å². The molecule has 22 heavy (non-hydrogen) atoms. The summed E-state index contributed by atoms with van der Waals surface area (Å²) < 4.78 is 11.1. The molecule has 0 aliphatic carbocycles. The monoisotopic (exact) mass is 306 g/mol. The highest BCUT2D eigenvalue weighted by Gasteiger charge is 2.52. The molecule has 1 aromatic heterocycles. The number of carbonyl (C=O) groups excluding carboxylic acids is 1. The van der Waals surface area contributed by atoms with Crippen LogP contribution in [-0.2, 0) is 20.9 Å². The zero-order chi connectivity index (χ0) is 15.0. The Morgan fingerprint density at radius 1 is 1.45 bits per heavy atom. The highest BCUT2D eigenvalue weighted by molar-refractivity contribution is 5.76. The van der Waals surface area contributed by atoms with Crippen LogP contribution in [0.15, 0.2) is 22.8 Å². The van der Waals surface area contributed by atoms with Gasteiger partial charge in [0.25, 0.3) is 0 Å². The first-order valence-electron chi connectivity index (χ1n) is 8.01. The molecule has 4 rings (SSSR count). The van der Waals surface area contributed by atoms with E-state index in [2.05, 4.69) is 4.90 Å². The van der Waals surface area contributed by atoms with Crippen LogP contribution in [-0.4, -0.2) is 55.3 Å². The summed E-state index contributed by atoms with van der Waals surface area (Å²) >= 11 is 0. The van der Waals surface area contributed by atoms with E-state index < -0.39 is 0 Å². The molecule has 0 aromatic carbocycles. The summed E-state index contributed by atoms with van der Waals surface area (Å²) in [4.78, 5) is 20.2. The number of fused-ring (bicyclic) bond motifs is 1. The molecule has 0 N–H and O–H groups in total. The fourth-order valence-corrected chi connectivity index (χ4v) is 3.97. The molecule has 120 valence electrons. The van der Waals surface area contributed by atoms with E-state index in [-0.39, 0.29) is 11.3 Å². The van der Waals surface area contributed by atoms with E-state index in [9.17, 15) is 4.79 Å². The van der Waals surface area contributed by atoms with Gasteiger partial charge < -0.3 is 9.15 Å². The summed E-state index contributed by atoms with van der Waals surface area (Å²) in [6, 6.07) is 3.92. The molecule has 0 spiro atoms. The molecule has 3 aliphatic heterocycles. The minimum atomic E-state index is -0.0599. The van der Waals surface area contributed by atoms with Crippen molar-refractivity contribution in [3.63, 3.8) is 0 Å². The van der Waals surface area contributed by atoms with Gasteiger partial charge in [-0.05, 0) is 18.6 Å². The highest BCUT2D eigenvalue weighted by Crippen LogP contribution is 2.44. The first kappa shape index (κ1) is 14.2. The zero-order valence-corrected chi connectivity index (χ0v) is 12.7. The van der Waals surface area contributed by atoms with Crippen LogP contribution in [0.1, 0.15) is 18.6 Å². The molecule has 1 amide bonds. The second kappa shape index (κ2) is 5.68. The number of hydrogen-bond acceptors (Lipinski definition) is 5. The van der Waals surface area contributed by atoms with Crippen LogP contribution < -0.4 is 0 Å². The van der Waals surface area contributed by atoms with Gasteiger partial charge in [-0.1, -0.05) is 0 Å². The summed E-state index contributed by atoms with van der Waals surface area (Å²) in [7, 11) is 0. The molecule has 3 aliphatic rings. The van der Waals surface area contributed by atoms with Gasteiger partial charge in [0, 0.05) is 30.8 Å². The summed E-state index contributed by atoms with van der Waals surface area (Å²) in [6.07, 6.45) is 3.16. The van der Waals surface area contributed by atoms with Crippen molar-refractivity contribution in [1.82, 2.24) is 9.96 Å². The maximum absolute atomic E-state index is 12.5. The first-order chi connectivity index (χ1) is 10.8. The van der Waals surface area contributed by atoms with Crippen molar-refractivity contribution in [3.8, 4) is 0 Å². The Kier molecular flexibility index (Phi) is 3.68. The molecule has 0 radical (unpaired) electrons. The van der Waals surface area contributed by atoms with Gasteiger partial charge in [0.2, 0.25) is 5.91 Å². The first-order valence-corrected chi connectivity index (χ1v) is 8.01. The molecule has 6 nitrogen and oxygen atoms in total. The van der Waals surface area contributed by atoms with Crippen molar-refractivity contribution in [2.45, 2.75) is 19.4 Å². The lowest BCUT2D eigenvalue weighted by molar-refractivity contribution is -0.171. The topological polar surface area (TPSA) is 55.2 Å². The minimum absolute atomic E-state index is 0.0599. The Hall–Kier alpha value is -1.37. The third kappa shape index (κ3) is 2.55. The van der Waals surface area contributed by atoms with Crippen molar-refractivity contribution in [3.05, 3.63) is 24.2 Å². The number of nitrogens with zero attached hydrogens (tertiary/aromatic N) is 2. The van der Waals surface area contributed by atoms with Crippen LogP contribution in [0.4, 0.5) is 0 Å². The van der Waals surface area contributed by atoms with Crippen LogP contribution in [0.2, 0.25) is 0 Å². The zero-order valence-electron chi connectivity index (χ0n) is 12.7. The van der Waals surface area contributed by atoms with Gasteiger partial charge in [0.15, 0.2) is 0 Å². The number of ether oxygens (including phenoxy) is 1. The number of rotatable bonds is 4. The molecule has 0 saturated carbocycles. The molecule has 4 heterocycles. The molecule has 0 unspecified atom stereocenters. The van der Waals surface area contributed by atoms with Crippen molar-refractivity contribution in [2.24, 2.45) is 11.3 Å². The Balaban J connectivity index is 1.43. The maximum atomic E-state index is 12.5. The van der Waals surface area contributed by atoms with E-state index in [0.717, 1.165) is 45.0 Å². The highest BCUT2D eigenvalue weighted by atomic mass is 16.7. The van der Waals surface area contributed by atoms with Gasteiger partial charge in [-0.25, -0.2) is 5.06 Å². The van der Waals surface area contributed by atoms with Gasteiger partial charge in [0.1, 0.15) is 5.76 Å². The predicted octanol–water partition coefficient (Wildman–Crippen LogP) is 1.28. The molecule has 2 atom stereocenters. The number of likely N-dealkylation sites (tertiary alicyclic amines) is 1. The molecular weight excluding hydrogens is 284 g/mol. The number of hydrogen-bond donors (Lipinski definition) is 0. The van der Waals surface area contributed by atoms with Gasteiger partial charge in [-0.2, -0.15) is 0 Å². The number of furan rings is 1. The maximum Gasteiger partial charge on any atom is 0.246 e. The number of carbonyl (C=O) groups is 1. The van der Waals surface area contributed by atoms with Crippen molar-refractivity contribution < 1.29 is 18.8 Å². The van der Waals surface area contributed by atoms with E-state index in [1.807, 2.05) is 12.1 Å². The van der Waals surface area contributed by atoms with Crippen LogP contribution in [0.5, 0.6) is 0 Å². The van der Waals surface area contributed by atoms with Crippen LogP contribution >= 0.6 is 0 Å². The van der Waals surface area contributed by atoms with Crippen molar-refractivity contribution in [1.29, 1.82) is 0 Å². The lowest BCUT2D eigenvalue weighted by Crippen LogP contribution is -2.38. The van der Waals surface area contributed by atoms with E-state index in [0.29, 0.717) is 25.6 Å².